The first-order chi connectivity index (χ1) is 9.34. The average molecular weight is 281 g/mol. The zero-order valence-corrected chi connectivity index (χ0v) is 12.6. The highest BCUT2D eigenvalue weighted by Crippen LogP contribution is 2.47. The van der Waals surface area contributed by atoms with E-state index in [0.717, 1.165) is 19.3 Å². The number of halogens is 2. The highest BCUT2D eigenvalue weighted by Gasteiger charge is 2.37. The zero-order valence-electron chi connectivity index (χ0n) is 12.6. The van der Waals surface area contributed by atoms with Gasteiger partial charge in [0.05, 0.1) is 0 Å². The fourth-order valence-electron chi connectivity index (χ4n) is 3.49. The van der Waals surface area contributed by atoms with Crippen molar-refractivity contribution in [2.45, 2.75) is 46.0 Å². The summed E-state index contributed by atoms with van der Waals surface area (Å²) in [6.07, 6.45) is 3.02. The van der Waals surface area contributed by atoms with Gasteiger partial charge in [-0.2, -0.15) is 0 Å². The highest BCUT2D eigenvalue weighted by atomic mass is 19.2. The molecule has 20 heavy (non-hydrogen) atoms. The predicted molar refractivity (Wildman–Crippen MR) is 78.4 cm³/mol. The molecule has 0 heterocycles. The van der Waals surface area contributed by atoms with Crippen molar-refractivity contribution in [3.8, 4) is 0 Å². The standard InChI is InChI=1S/C17H25F2N/c1-17(2,3)12-8-7-11(10-20)14(9-12)13-5-4-6-15(18)16(13)19/h4-6,11-12,14H,7-10,20H2,1-3H3. The number of hydrogen-bond donors (Lipinski definition) is 1. The minimum absolute atomic E-state index is 0.0358. The van der Waals surface area contributed by atoms with E-state index in [9.17, 15) is 8.78 Å². The summed E-state index contributed by atoms with van der Waals surface area (Å²) >= 11 is 0. The zero-order chi connectivity index (χ0) is 14.9. The van der Waals surface area contributed by atoms with Gasteiger partial charge in [-0.25, -0.2) is 8.78 Å². The summed E-state index contributed by atoms with van der Waals surface area (Å²) in [7, 11) is 0. The van der Waals surface area contributed by atoms with Crippen molar-refractivity contribution in [2.24, 2.45) is 23.0 Å². The van der Waals surface area contributed by atoms with Gasteiger partial charge < -0.3 is 5.73 Å². The Bertz CT molecular complexity index is 465. The number of rotatable bonds is 2. The molecule has 3 unspecified atom stereocenters. The van der Waals surface area contributed by atoms with Gasteiger partial charge in [-0.05, 0) is 60.6 Å². The topological polar surface area (TPSA) is 26.0 Å². The summed E-state index contributed by atoms with van der Waals surface area (Å²) in [6.45, 7) is 7.20. The highest BCUT2D eigenvalue weighted by molar-refractivity contribution is 5.24. The monoisotopic (exact) mass is 281 g/mol. The van der Waals surface area contributed by atoms with Crippen LogP contribution in [0.25, 0.3) is 0 Å². The van der Waals surface area contributed by atoms with Crippen molar-refractivity contribution in [2.75, 3.05) is 6.54 Å². The Labute approximate surface area is 120 Å². The second kappa shape index (κ2) is 5.80. The van der Waals surface area contributed by atoms with Crippen molar-refractivity contribution >= 4 is 0 Å². The summed E-state index contributed by atoms with van der Waals surface area (Å²) < 4.78 is 27.6. The van der Waals surface area contributed by atoms with Crippen LogP contribution < -0.4 is 5.73 Å². The summed E-state index contributed by atoms with van der Waals surface area (Å²) in [5, 5.41) is 0. The third-order valence-corrected chi connectivity index (χ3v) is 4.90. The van der Waals surface area contributed by atoms with Crippen LogP contribution in [-0.2, 0) is 0 Å². The van der Waals surface area contributed by atoms with Crippen LogP contribution in [0.2, 0.25) is 0 Å². The van der Waals surface area contributed by atoms with E-state index in [0.29, 0.717) is 18.0 Å². The van der Waals surface area contributed by atoms with Crippen molar-refractivity contribution < 1.29 is 8.78 Å². The molecule has 1 aliphatic rings. The van der Waals surface area contributed by atoms with Crippen LogP contribution in [0.5, 0.6) is 0 Å². The van der Waals surface area contributed by atoms with Gasteiger partial charge in [-0.15, -0.1) is 0 Å². The van der Waals surface area contributed by atoms with Crippen LogP contribution in [0.1, 0.15) is 51.5 Å². The molecule has 1 fully saturated rings. The molecule has 3 atom stereocenters. The van der Waals surface area contributed by atoms with E-state index in [1.54, 1.807) is 12.1 Å². The molecule has 0 bridgehead atoms. The number of hydrogen-bond acceptors (Lipinski definition) is 1. The van der Waals surface area contributed by atoms with Crippen LogP contribution in [0, 0.1) is 28.9 Å². The van der Waals surface area contributed by atoms with Crippen LogP contribution in [0.3, 0.4) is 0 Å². The maximum atomic E-state index is 14.1. The lowest BCUT2D eigenvalue weighted by Crippen LogP contribution is -2.34. The fourth-order valence-corrected chi connectivity index (χ4v) is 3.49. The fraction of sp³-hybridized carbons (Fsp3) is 0.647. The smallest absolute Gasteiger partial charge is 0.162 e. The lowest BCUT2D eigenvalue weighted by atomic mass is 9.64. The van der Waals surface area contributed by atoms with Crippen molar-refractivity contribution in [3.05, 3.63) is 35.4 Å². The van der Waals surface area contributed by atoms with Gasteiger partial charge in [-0.3, -0.25) is 0 Å². The first kappa shape index (κ1) is 15.4. The molecule has 1 saturated carbocycles. The molecule has 0 radical (unpaired) electrons. The van der Waals surface area contributed by atoms with Gasteiger partial charge in [0, 0.05) is 0 Å². The molecule has 0 aromatic heterocycles. The second-order valence-corrected chi connectivity index (χ2v) is 7.12. The maximum absolute atomic E-state index is 14.1. The first-order valence-corrected chi connectivity index (χ1v) is 7.48. The van der Waals surface area contributed by atoms with Crippen LogP contribution >= 0.6 is 0 Å². The van der Waals surface area contributed by atoms with Crippen molar-refractivity contribution in [3.63, 3.8) is 0 Å². The van der Waals surface area contributed by atoms with E-state index in [4.69, 9.17) is 5.73 Å². The van der Waals surface area contributed by atoms with Gasteiger partial charge in [-0.1, -0.05) is 32.9 Å². The van der Waals surface area contributed by atoms with Crippen LogP contribution in [0.4, 0.5) is 8.78 Å². The summed E-state index contributed by atoms with van der Waals surface area (Å²) in [5.41, 5.74) is 6.56. The molecule has 1 aromatic rings. The van der Waals surface area contributed by atoms with E-state index in [1.807, 2.05) is 0 Å². The van der Waals surface area contributed by atoms with Gasteiger partial charge in [0.2, 0.25) is 0 Å². The molecule has 1 aromatic carbocycles. The minimum Gasteiger partial charge on any atom is -0.330 e. The predicted octanol–water partition coefficient (Wildman–Crippen LogP) is 4.47. The van der Waals surface area contributed by atoms with E-state index in [-0.39, 0.29) is 17.3 Å². The van der Waals surface area contributed by atoms with Crippen molar-refractivity contribution in [1.82, 2.24) is 0 Å². The Kier molecular flexibility index (Phi) is 4.48. The van der Waals surface area contributed by atoms with Gasteiger partial charge in [0.1, 0.15) is 0 Å². The molecule has 0 amide bonds. The Morgan fingerprint density at radius 3 is 2.50 bits per heavy atom. The molecule has 0 spiro atoms. The van der Waals surface area contributed by atoms with Gasteiger partial charge in [0.25, 0.3) is 0 Å². The molecular weight excluding hydrogens is 256 g/mol. The van der Waals surface area contributed by atoms with E-state index in [2.05, 4.69) is 20.8 Å². The molecule has 2 N–H and O–H groups in total. The largest absolute Gasteiger partial charge is 0.330 e. The van der Waals surface area contributed by atoms with Gasteiger partial charge >= 0.3 is 0 Å². The van der Waals surface area contributed by atoms with Gasteiger partial charge in [0.15, 0.2) is 11.6 Å². The lowest BCUT2D eigenvalue weighted by Gasteiger charge is -2.42. The summed E-state index contributed by atoms with van der Waals surface area (Å²) in [4.78, 5) is 0. The minimum atomic E-state index is -0.754. The molecule has 1 aliphatic carbocycles. The SMILES string of the molecule is CC(C)(C)C1CCC(CN)C(c2cccc(F)c2F)C1. The number of benzene rings is 1. The van der Waals surface area contributed by atoms with Crippen LogP contribution in [0.15, 0.2) is 18.2 Å². The van der Waals surface area contributed by atoms with E-state index >= 15 is 0 Å². The molecule has 112 valence electrons. The second-order valence-electron chi connectivity index (χ2n) is 7.12. The van der Waals surface area contributed by atoms with Crippen molar-refractivity contribution in [1.29, 1.82) is 0 Å². The van der Waals surface area contributed by atoms with Crippen LogP contribution in [-0.4, -0.2) is 6.54 Å². The van der Waals surface area contributed by atoms with E-state index < -0.39 is 11.6 Å². The first-order valence-electron chi connectivity index (χ1n) is 7.48. The van der Waals surface area contributed by atoms with E-state index in [1.165, 1.54) is 6.07 Å². The molecule has 0 aliphatic heterocycles. The third-order valence-electron chi connectivity index (χ3n) is 4.90. The third kappa shape index (κ3) is 3.03. The Morgan fingerprint density at radius 1 is 1.20 bits per heavy atom. The summed E-state index contributed by atoms with van der Waals surface area (Å²) in [5.74, 6) is -0.627. The lowest BCUT2D eigenvalue weighted by molar-refractivity contribution is 0.131. The molecular formula is C17H25F2N. The Balaban J connectivity index is 2.32. The normalized spacial score (nSPS) is 27.6. The number of nitrogens with two attached hydrogens (primary N) is 1. The molecule has 3 heteroatoms. The molecule has 0 saturated heterocycles. The molecule has 1 nitrogen and oxygen atoms in total. The average Bonchev–Trinajstić information content (AvgIpc) is 2.40. The summed E-state index contributed by atoms with van der Waals surface area (Å²) in [6, 6.07) is 4.50. The Hall–Kier alpha value is -0.960. The Morgan fingerprint density at radius 2 is 1.90 bits per heavy atom. The molecule has 2 rings (SSSR count). The quantitative estimate of drug-likeness (QED) is 0.850. The maximum Gasteiger partial charge on any atom is 0.162 e.